The van der Waals surface area contributed by atoms with Crippen LogP contribution in [-0.2, 0) is 0 Å². The lowest BCUT2D eigenvalue weighted by atomic mass is 10.2. The molecule has 1 rings (SSSR count). The van der Waals surface area contributed by atoms with Crippen LogP contribution in [0.3, 0.4) is 0 Å². The summed E-state index contributed by atoms with van der Waals surface area (Å²) in [6, 6.07) is 5.67. The van der Waals surface area contributed by atoms with Gasteiger partial charge in [-0.05, 0) is 63.1 Å². The molecule has 5 heteroatoms. The highest BCUT2D eigenvalue weighted by molar-refractivity contribution is 14.1. The summed E-state index contributed by atoms with van der Waals surface area (Å²) in [5.74, 6) is -0.0358. The van der Waals surface area contributed by atoms with Gasteiger partial charge in [0, 0.05) is 21.1 Å². The van der Waals surface area contributed by atoms with Crippen LogP contribution in [0.5, 0.6) is 0 Å². The minimum atomic E-state index is -0.0358. The number of carbonyl (C=O) groups excluding carboxylic acids is 1. The molecule has 0 aliphatic carbocycles. The predicted molar refractivity (Wildman–Crippen MR) is 80.1 cm³/mol. The molecule has 0 aromatic heterocycles. The van der Waals surface area contributed by atoms with Gasteiger partial charge in [-0.2, -0.15) is 0 Å². The van der Waals surface area contributed by atoms with Gasteiger partial charge in [-0.15, -0.1) is 0 Å². The fraction of sp³-hybridized carbons (Fsp3) is 0.417. The second-order valence-corrected chi connectivity index (χ2v) is 5.74. The van der Waals surface area contributed by atoms with Crippen LogP contribution in [0.25, 0.3) is 0 Å². The lowest BCUT2D eigenvalue weighted by molar-refractivity contribution is 0.0721. The molecule has 94 valence electrons. The number of amides is 1. The number of aliphatic hydroxyl groups excluding tert-OH is 1. The monoisotopic (exact) mass is 411 g/mol. The van der Waals surface area contributed by atoms with Crippen LogP contribution in [0.4, 0.5) is 0 Å². The molecule has 1 N–H and O–H groups in total. The van der Waals surface area contributed by atoms with E-state index in [1.165, 1.54) is 0 Å². The van der Waals surface area contributed by atoms with Gasteiger partial charge >= 0.3 is 0 Å². The van der Waals surface area contributed by atoms with Crippen molar-refractivity contribution in [3.63, 3.8) is 0 Å². The van der Waals surface area contributed by atoms with E-state index in [0.717, 1.165) is 14.5 Å². The molecule has 0 spiro atoms. The average molecular weight is 412 g/mol. The summed E-state index contributed by atoms with van der Waals surface area (Å²) in [6.45, 7) is 3.05. The molecule has 1 aromatic rings. The maximum atomic E-state index is 12.3. The molecule has 0 aliphatic heterocycles. The predicted octanol–water partition coefficient (Wildman–Crippen LogP) is 2.90. The lowest BCUT2D eigenvalue weighted by Gasteiger charge is -2.21. The van der Waals surface area contributed by atoms with E-state index in [1.54, 1.807) is 4.90 Å². The fourth-order valence-corrected chi connectivity index (χ4v) is 2.44. The number of halogens is 2. The number of nitrogens with zero attached hydrogens (tertiary/aromatic N) is 1. The molecule has 3 nitrogen and oxygen atoms in total. The molecule has 0 saturated carbocycles. The van der Waals surface area contributed by atoms with Crippen LogP contribution in [-0.4, -0.2) is 35.6 Å². The van der Waals surface area contributed by atoms with Crippen molar-refractivity contribution in [3.8, 4) is 0 Å². The zero-order valence-corrected chi connectivity index (χ0v) is 13.4. The van der Waals surface area contributed by atoms with Gasteiger partial charge in [0.1, 0.15) is 0 Å². The highest BCUT2D eigenvalue weighted by atomic mass is 127. The van der Waals surface area contributed by atoms with Gasteiger partial charge in [-0.3, -0.25) is 4.79 Å². The van der Waals surface area contributed by atoms with Crippen molar-refractivity contribution in [1.29, 1.82) is 0 Å². The lowest BCUT2D eigenvalue weighted by Crippen LogP contribution is -2.34. The number of hydrogen-bond acceptors (Lipinski definition) is 2. The van der Waals surface area contributed by atoms with Crippen LogP contribution < -0.4 is 0 Å². The Morgan fingerprint density at radius 2 is 2.18 bits per heavy atom. The van der Waals surface area contributed by atoms with Gasteiger partial charge < -0.3 is 10.0 Å². The average Bonchev–Trinajstić information content (AvgIpc) is 2.31. The summed E-state index contributed by atoms with van der Waals surface area (Å²) < 4.78 is 1.82. The zero-order valence-electron chi connectivity index (χ0n) is 9.62. The molecule has 0 atom stereocenters. The minimum absolute atomic E-state index is 0.00666. The van der Waals surface area contributed by atoms with Crippen LogP contribution >= 0.6 is 38.5 Å². The van der Waals surface area contributed by atoms with Crippen LogP contribution in [0.15, 0.2) is 22.7 Å². The molecule has 1 aromatic carbocycles. The Hall–Kier alpha value is -0.140. The number of benzene rings is 1. The van der Waals surface area contributed by atoms with E-state index in [4.69, 9.17) is 5.11 Å². The van der Waals surface area contributed by atoms with E-state index in [0.29, 0.717) is 18.7 Å². The van der Waals surface area contributed by atoms with Crippen molar-refractivity contribution in [2.75, 3.05) is 19.7 Å². The van der Waals surface area contributed by atoms with Gasteiger partial charge in [-0.1, -0.05) is 6.92 Å². The summed E-state index contributed by atoms with van der Waals surface area (Å²) in [4.78, 5) is 14.0. The molecule has 17 heavy (non-hydrogen) atoms. The number of carbonyl (C=O) groups is 1. The molecular formula is C12H15BrINO2. The minimum Gasteiger partial charge on any atom is -0.395 e. The van der Waals surface area contributed by atoms with Crippen LogP contribution in [0.1, 0.15) is 23.7 Å². The van der Waals surface area contributed by atoms with Crippen LogP contribution in [0.2, 0.25) is 0 Å². The standard InChI is InChI=1S/C12H15BrINO2/c1-2-5-15(6-7-16)12(17)10-8-9(14)3-4-11(10)13/h3-4,8,16H,2,5-7H2,1H3. The quantitative estimate of drug-likeness (QED) is 0.757. The van der Waals surface area contributed by atoms with Crippen molar-refractivity contribution in [2.45, 2.75) is 13.3 Å². The second kappa shape index (κ2) is 7.33. The molecule has 0 radical (unpaired) electrons. The highest BCUT2D eigenvalue weighted by Gasteiger charge is 2.17. The number of hydrogen-bond donors (Lipinski definition) is 1. The Morgan fingerprint density at radius 1 is 1.47 bits per heavy atom. The van der Waals surface area contributed by atoms with Gasteiger partial charge in [0.05, 0.1) is 12.2 Å². The summed E-state index contributed by atoms with van der Waals surface area (Å²) in [7, 11) is 0. The Morgan fingerprint density at radius 3 is 2.76 bits per heavy atom. The van der Waals surface area contributed by atoms with E-state index in [-0.39, 0.29) is 12.5 Å². The van der Waals surface area contributed by atoms with Crippen molar-refractivity contribution >= 4 is 44.4 Å². The molecule has 0 fully saturated rings. The maximum Gasteiger partial charge on any atom is 0.255 e. The van der Waals surface area contributed by atoms with E-state index in [1.807, 2.05) is 25.1 Å². The largest absolute Gasteiger partial charge is 0.395 e. The van der Waals surface area contributed by atoms with Crippen molar-refractivity contribution in [2.24, 2.45) is 0 Å². The van der Waals surface area contributed by atoms with Crippen LogP contribution in [0, 0.1) is 3.57 Å². The third-order valence-corrected chi connectivity index (χ3v) is 3.67. The molecule has 1 amide bonds. The van der Waals surface area contributed by atoms with Gasteiger partial charge in [0.2, 0.25) is 0 Å². The number of rotatable bonds is 5. The molecule has 0 saturated heterocycles. The molecule has 0 unspecified atom stereocenters. The van der Waals surface area contributed by atoms with E-state index >= 15 is 0 Å². The normalized spacial score (nSPS) is 10.4. The SMILES string of the molecule is CCCN(CCO)C(=O)c1cc(I)ccc1Br. The maximum absolute atomic E-state index is 12.3. The first kappa shape index (κ1) is 14.9. The Bertz CT molecular complexity index is 392. The number of aliphatic hydroxyl groups is 1. The van der Waals surface area contributed by atoms with E-state index in [9.17, 15) is 4.79 Å². The topological polar surface area (TPSA) is 40.5 Å². The third-order valence-electron chi connectivity index (χ3n) is 2.31. The Kier molecular flexibility index (Phi) is 6.43. The molecular weight excluding hydrogens is 397 g/mol. The van der Waals surface area contributed by atoms with Gasteiger partial charge in [0.25, 0.3) is 5.91 Å². The first-order valence-electron chi connectivity index (χ1n) is 5.45. The Labute approximate surface area is 123 Å². The summed E-state index contributed by atoms with van der Waals surface area (Å²) in [6.07, 6.45) is 0.882. The van der Waals surface area contributed by atoms with Gasteiger partial charge in [-0.25, -0.2) is 0 Å². The van der Waals surface area contributed by atoms with E-state index in [2.05, 4.69) is 38.5 Å². The molecule has 0 heterocycles. The highest BCUT2D eigenvalue weighted by Crippen LogP contribution is 2.21. The fourth-order valence-electron chi connectivity index (χ4n) is 1.54. The third kappa shape index (κ3) is 4.22. The zero-order chi connectivity index (χ0) is 12.8. The smallest absolute Gasteiger partial charge is 0.255 e. The first-order chi connectivity index (χ1) is 8.10. The van der Waals surface area contributed by atoms with Crippen molar-refractivity contribution in [3.05, 3.63) is 31.8 Å². The molecule has 0 aliphatic rings. The summed E-state index contributed by atoms with van der Waals surface area (Å²) in [5.41, 5.74) is 0.652. The Balaban J connectivity index is 2.95. The second-order valence-electron chi connectivity index (χ2n) is 3.64. The molecule has 0 bridgehead atoms. The van der Waals surface area contributed by atoms with Crippen molar-refractivity contribution in [1.82, 2.24) is 4.90 Å². The van der Waals surface area contributed by atoms with Crippen molar-refractivity contribution < 1.29 is 9.90 Å². The van der Waals surface area contributed by atoms with E-state index < -0.39 is 0 Å². The first-order valence-corrected chi connectivity index (χ1v) is 7.32. The summed E-state index contributed by atoms with van der Waals surface area (Å²) >= 11 is 5.57. The summed E-state index contributed by atoms with van der Waals surface area (Å²) in [5, 5.41) is 8.98. The van der Waals surface area contributed by atoms with Gasteiger partial charge in [0.15, 0.2) is 0 Å².